The summed E-state index contributed by atoms with van der Waals surface area (Å²) in [6, 6.07) is 26.2. The molecule has 0 fully saturated rings. The summed E-state index contributed by atoms with van der Waals surface area (Å²) in [6.07, 6.45) is 1.83. The summed E-state index contributed by atoms with van der Waals surface area (Å²) in [5, 5.41) is 4.50. The van der Waals surface area contributed by atoms with Gasteiger partial charge < -0.3 is 4.57 Å². The molecule has 29 heavy (non-hydrogen) atoms. The van der Waals surface area contributed by atoms with Gasteiger partial charge in [-0.2, -0.15) is 4.99 Å². The molecule has 0 N–H and O–H groups in total. The number of carbonyl (C=O) groups excluding carboxylic acids is 1. The van der Waals surface area contributed by atoms with Crippen molar-refractivity contribution in [2.45, 2.75) is 6.54 Å². The molecule has 0 bridgehead atoms. The summed E-state index contributed by atoms with van der Waals surface area (Å²) in [4.78, 5) is 18.1. The summed E-state index contributed by atoms with van der Waals surface area (Å²) in [5.74, 6) is -0.232. The van der Waals surface area contributed by atoms with Crippen LogP contribution in [-0.2, 0) is 6.54 Å². The van der Waals surface area contributed by atoms with Gasteiger partial charge in [-0.05, 0) is 34.4 Å². The summed E-state index contributed by atoms with van der Waals surface area (Å²) in [7, 11) is 0. The smallest absolute Gasteiger partial charge is 0.279 e. The number of fused-ring (bicyclic) bond motifs is 4. The van der Waals surface area contributed by atoms with Crippen LogP contribution in [0.3, 0.4) is 0 Å². The van der Waals surface area contributed by atoms with Gasteiger partial charge in [0, 0.05) is 17.5 Å². The van der Waals surface area contributed by atoms with E-state index in [1.165, 1.54) is 10.8 Å². The highest BCUT2D eigenvalue weighted by molar-refractivity contribution is 7.17. The average Bonchev–Trinajstić information content (AvgIpc) is 3.11. The predicted octanol–water partition coefficient (Wildman–Crippen LogP) is 5.94. The minimum atomic E-state index is -0.232. The van der Waals surface area contributed by atoms with Gasteiger partial charge in [-0.1, -0.05) is 78.1 Å². The minimum Gasteiger partial charge on any atom is -0.312 e. The van der Waals surface area contributed by atoms with Crippen LogP contribution in [0.5, 0.6) is 0 Å². The quantitative estimate of drug-likeness (QED) is 0.349. The van der Waals surface area contributed by atoms with Crippen LogP contribution < -0.4 is 4.80 Å². The lowest BCUT2D eigenvalue weighted by molar-refractivity contribution is 0.0998. The first kappa shape index (κ1) is 17.6. The number of aromatic nitrogens is 1. The minimum absolute atomic E-state index is 0.232. The standard InChI is InChI=1S/C25H18N2OS/c1-2-15-27-22-14-13-18-8-5-6-10-21(18)23(22)29-25(27)26-24(28)20-12-11-17-7-3-4-9-19(17)16-20/h2-14,16H,1,15H2. The Morgan fingerprint density at radius 2 is 1.66 bits per heavy atom. The van der Waals surface area contributed by atoms with E-state index in [1.54, 1.807) is 11.3 Å². The molecule has 4 aromatic carbocycles. The van der Waals surface area contributed by atoms with Gasteiger partial charge in [-0.15, -0.1) is 6.58 Å². The molecular weight excluding hydrogens is 376 g/mol. The number of thiazole rings is 1. The number of benzene rings is 4. The molecule has 0 aliphatic rings. The van der Waals surface area contributed by atoms with E-state index in [2.05, 4.69) is 40.4 Å². The summed E-state index contributed by atoms with van der Waals surface area (Å²) in [6.45, 7) is 4.47. The number of rotatable bonds is 3. The summed E-state index contributed by atoms with van der Waals surface area (Å²) >= 11 is 1.55. The van der Waals surface area contributed by atoms with Gasteiger partial charge in [0.05, 0.1) is 10.2 Å². The van der Waals surface area contributed by atoms with Gasteiger partial charge in [0.2, 0.25) is 0 Å². The molecule has 0 spiro atoms. The maximum atomic E-state index is 13.0. The zero-order valence-electron chi connectivity index (χ0n) is 15.7. The van der Waals surface area contributed by atoms with Crippen molar-refractivity contribution in [1.29, 1.82) is 0 Å². The van der Waals surface area contributed by atoms with E-state index < -0.39 is 0 Å². The Morgan fingerprint density at radius 1 is 0.931 bits per heavy atom. The van der Waals surface area contributed by atoms with Gasteiger partial charge in [-0.25, -0.2) is 0 Å². The third-order valence-corrected chi connectivity index (χ3v) is 6.21. The molecule has 1 aromatic heterocycles. The number of allylic oxidation sites excluding steroid dienone is 1. The van der Waals surface area contributed by atoms with Crippen LogP contribution in [0, 0.1) is 0 Å². The van der Waals surface area contributed by atoms with E-state index in [0.29, 0.717) is 16.9 Å². The molecule has 140 valence electrons. The molecule has 5 rings (SSSR count). The van der Waals surface area contributed by atoms with Crippen molar-refractivity contribution in [2.75, 3.05) is 0 Å². The van der Waals surface area contributed by atoms with E-state index in [1.807, 2.05) is 60.7 Å². The highest BCUT2D eigenvalue weighted by Crippen LogP contribution is 2.27. The molecule has 0 aliphatic heterocycles. The average molecular weight is 394 g/mol. The predicted molar refractivity (Wildman–Crippen MR) is 121 cm³/mol. The van der Waals surface area contributed by atoms with Gasteiger partial charge in [-0.3, -0.25) is 4.79 Å². The molecule has 0 atom stereocenters. The zero-order chi connectivity index (χ0) is 19.8. The Balaban J connectivity index is 1.70. The Bertz CT molecular complexity index is 1470. The fourth-order valence-corrected chi connectivity index (χ4v) is 4.84. The maximum absolute atomic E-state index is 13.0. The van der Waals surface area contributed by atoms with Crippen molar-refractivity contribution in [1.82, 2.24) is 4.57 Å². The van der Waals surface area contributed by atoms with Gasteiger partial charge in [0.15, 0.2) is 4.80 Å². The SMILES string of the molecule is C=CCn1c(=NC(=O)c2ccc3ccccc3c2)sc2c3ccccc3ccc21. The molecular formula is C25H18N2OS. The van der Waals surface area contributed by atoms with Crippen LogP contribution in [0.1, 0.15) is 10.4 Å². The lowest BCUT2D eigenvalue weighted by atomic mass is 10.1. The van der Waals surface area contributed by atoms with Crippen molar-refractivity contribution in [3.05, 3.63) is 102 Å². The van der Waals surface area contributed by atoms with Crippen molar-refractivity contribution < 1.29 is 4.79 Å². The van der Waals surface area contributed by atoms with Gasteiger partial charge in [0.25, 0.3) is 5.91 Å². The summed E-state index contributed by atoms with van der Waals surface area (Å²) < 4.78 is 3.19. The molecule has 0 radical (unpaired) electrons. The Hall–Kier alpha value is -3.50. The lowest BCUT2D eigenvalue weighted by Crippen LogP contribution is -2.16. The van der Waals surface area contributed by atoms with Crippen LogP contribution in [0.2, 0.25) is 0 Å². The monoisotopic (exact) mass is 394 g/mol. The van der Waals surface area contributed by atoms with Crippen LogP contribution in [0.15, 0.2) is 96.5 Å². The Kier molecular flexibility index (Phi) is 4.34. The van der Waals surface area contributed by atoms with E-state index in [9.17, 15) is 4.79 Å². The maximum Gasteiger partial charge on any atom is 0.279 e. The highest BCUT2D eigenvalue weighted by atomic mass is 32.1. The van der Waals surface area contributed by atoms with Gasteiger partial charge in [0.1, 0.15) is 0 Å². The fraction of sp³-hybridized carbons (Fsp3) is 0.0400. The normalized spacial score (nSPS) is 12.1. The number of carbonyl (C=O) groups is 1. The fourth-order valence-electron chi connectivity index (χ4n) is 3.66. The van der Waals surface area contributed by atoms with E-state index in [-0.39, 0.29) is 5.91 Å². The highest BCUT2D eigenvalue weighted by Gasteiger charge is 2.11. The second-order valence-electron chi connectivity index (χ2n) is 6.90. The molecule has 1 amide bonds. The Morgan fingerprint density at radius 3 is 2.48 bits per heavy atom. The molecule has 1 heterocycles. The molecule has 0 aliphatic carbocycles. The number of hydrogen-bond acceptors (Lipinski definition) is 2. The number of hydrogen-bond donors (Lipinski definition) is 0. The molecule has 0 unspecified atom stereocenters. The van der Waals surface area contributed by atoms with Crippen molar-refractivity contribution in [3.8, 4) is 0 Å². The van der Waals surface area contributed by atoms with Gasteiger partial charge >= 0.3 is 0 Å². The van der Waals surface area contributed by atoms with Crippen molar-refractivity contribution >= 4 is 49.0 Å². The first-order valence-electron chi connectivity index (χ1n) is 9.44. The third-order valence-electron chi connectivity index (χ3n) is 5.08. The Labute approximate surface area is 171 Å². The van der Waals surface area contributed by atoms with Crippen LogP contribution in [-0.4, -0.2) is 10.5 Å². The van der Waals surface area contributed by atoms with E-state index in [0.717, 1.165) is 21.0 Å². The van der Waals surface area contributed by atoms with E-state index >= 15 is 0 Å². The number of amides is 1. The molecule has 0 saturated carbocycles. The zero-order valence-corrected chi connectivity index (χ0v) is 16.5. The number of nitrogens with zero attached hydrogens (tertiary/aromatic N) is 2. The largest absolute Gasteiger partial charge is 0.312 e. The molecule has 0 saturated heterocycles. The van der Waals surface area contributed by atoms with Crippen LogP contribution >= 0.6 is 11.3 Å². The molecule has 4 heteroatoms. The van der Waals surface area contributed by atoms with E-state index in [4.69, 9.17) is 0 Å². The first-order valence-corrected chi connectivity index (χ1v) is 10.3. The van der Waals surface area contributed by atoms with Crippen LogP contribution in [0.4, 0.5) is 0 Å². The first-order chi connectivity index (χ1) is 14.2. The molecule has 3 nitrogen and oxygen atoms in total. The van der Waals surface area contributed by atoms with Crippen molar-refractivity contribution in [2.24, 2.45) is 4.99 Å². The van der Waals surface area contributed by atoms with Crippen molar-refractivity contribution in [3.63, 3.8) is 0 Å². The topological polar surface area (TPSA) is 34.4 Å². The second-order valence-corrected chi connectivity index (χ2v) is 7.88. The summed E-state index contributed by atoms with van der Waals surface area (Å²) in [5.41, 5.74) is 1.66. The molecule has 5 aromatic rings. The lowest BCUT2D eigenvalue weighted by Gasteiger charge is -2.03. The third kappa shape index (κ3) is 3.08. The second kappa shape index (κ2) is 7.15. The van der Waals surface area contributed by atoms with Crippen LogP contribution in [0.25, 0.3) is 31.8 Å².